The van der Waals surface area contributed by atoms with Crippen molar-refractivity contribution in [1.82, 2.24) is 4.98 Å². The molecule has 4 aromatic carbocycles. The largest absolute Gasteiger partial charge is 0.280 e. The summed E-state index contributed by atoms with van der Waals surface area (Å²) in [5.41, 5.74) is 4.72. The molecule has 0 saturated heterocycles. The van der Waals surface area contributed by atoms with Gasteiger partial charge in [0.1, 0.15) is 0 Å². The lowest BCUT2D eigenvalue weighted by Gasteiger charge is -2.30. The molecule has 1 aliphatic heterocycles. The van der Waals surface area contributed by atoms with Crippen molar-refractivity contribution in [3.8, 4) is 0 Å². The number of aryl methyl sites for hydroxylation is 2. The van der Waals surface area contributed by atoms with Gasteiger partial charge in [0.25, 0.3) is 15.9 Å². The minimum atomic E-state index is -3.80. The number of para-hydroxylation sites is 1. The predicted octanol–water partition coefficient (Wildman–Crippen LogP) is 7.19. The van der Waals surface area contributed by atoms with Gasteiger partial charge in [0.2, 0.25) is 5.13 Å². The Kier molecular flexibility index (Phi) is 7.46. The van der Waals surface area contributed by atoms with Gasteiger partial charge in [-0.2, -0.15) is 10.1 Å². The van der Waals surface area contributed by atoms with Crippen LogP contribution in [0.25, 0.3) is 10.2 Å². The number of aromatic nitrogens is 1. The molecular formula is C31H25BrN4O3S2. The first kappa shape index (κ1) is 27.3. The topological polar surface area (TPSA) is 82.9 Å². The maximum atomic E-state index is 13.8. The third-order valence-electron chi connectivity index (χ3n) is 6.87. The number of anilines is 2. The molecule has 41 heavy (non-hydrogen) atoms. The van der Waals surface area contributed by atoms with E-state index in [1.807, 2.05) is 73.7 Å². The number of amides is 1. The first-order chi connectivity index (χ1) is 19.8. The second-order valence-electron chi connectivity index (χ2n) is 9.71. The van der Waals surface area contributed by atoms with Gasteiger partial charge in [-0.25, -0.2) is 13.4 Å². The van der Waals surface area contributed by atoms with E-state index >= 15 is 0 Å². The summed E-state index contributed by atoms with van der Waals surface area (Å²) >= 11 is 4.84. The van der Waals surface area contributed by atoms with Crippen LogP contribution >= 0.6 is 27.3 Å². The summed E-state index contributed by atoms with van der Waals surface area (Å²) in [6.07, 6.45) is 3.21. The number of hydrogen-bond acceptors (Lipinski definition) is 6. The van der Waals surface area contributed by atoms with E-state index in [1.165, 1.54) is 44.9 Å². The Morgan fingerprint density at radius 3 is 2.56 bits per heavy atom. The molecule has 0 atom stereocenters. The summed E-state index contributed by atoms with van der Waals surface area (Å²) in [6.45, 7) is 2.42. The first-order valence-electron chi connectivity index (χ1n) is 13.0. The van der Waals surface area contributed by atoms with E-state index in [9.17, 15) is 13.2 Å². The molecule has 206 valence electrons. The Labute approximate surface area is 251 Å². The Morgan fingerprint density at radius 2 is 1.78 bits per heavy atom. The van der Waals surface area contributed by atoms with Crippen molar-refractivity contribution in [2.45, 2.75) is 24.7 Å². The molecule has 6 rings (SSSR count). The van der Waals surface area contributed by atoms with Crippen LogP contribution in [0.4, 0.5) is 10.8 Å². The zero-order valence-electron chi connectivity index (χ0n) is 22.1. The Balaban J connectivity index is 1.33. The van der Waals surface area contributed by atoms with E-state index in [-0.39, 0.29) is 4.90 Å². The van der Waals surface area contributed by atoms with Gasteiger partial charge in [0, 0.05) is 16.6 Å². The molecule has 0 aliphatic carbocycles. The first-order valence-corrected chi connectivity index (χ1v) is 16.1. The number of fused-ring (bicyclic) bond motifs is 2. The minimum absolute atomic E-state index is 0.130. The maximum Gasteiger partial charge on any atom is 0.280 e. The molecule has 0 unspecified atom stereocenters. The fraction of sp³-hybridized carbons (Fsp3) is 0.129. The van der Waals surface area contributed by atoms with Crippen LogP contribution in [0.1, 0.15) is 33.5 Å². The van der Waals surface area contributed by atoms with Gasteiger partial charge in [0.05, 0.1) is 27.0 Å². The zero-order chi connectivity index (χ0) is 28.6. The summed E-state index contributed by atoms with van der Waals surface area (Å²) in [7, 11) is -3.80. The van der Waals surface area contributed by atoms with Gasteiger partial charge in [0.15, 0.2) is 0 Å². The third kappa shape index (κ3) is 5.55. The molecule has 1 aromatic heterocycles. The SMILES string of the molecule is Cc1ccc(/C=N/N(C(=O)c2ccc(S(=O)(=O)N3CCCc4ccccc43)cc2)c2nc3ccc(Br)cc3s2)cc1. The predicted molar refractivity (Wildman–Crippen MR) is 169 cm³/mol. The van der Waals surface area contributed by atoms with Crippen LogP contribution < -0.4 is 9.31 Å². The lowest BCUT2D eigenvalue weighted by molar-refractivity contribution is 0.0987. The van der Waals surface area contributed by atoms with Gasteiger partial charge in [-0.05, 0) is 79.4 Å². The van der Waals surface area contributed by atoms with Gasteiger partial charge in [-0.15, -0.1) is 0 Å². The van der Waals surface area contributed by atoms with E-state index in [4.69, 9.17) is 0 Å². The highest BCUT2D eigenvalue weighted by Crippen LogP contribution is 2.34. The highest BCUT2D eigenvalue weighted by molar-refractivity contribution is 9.10. The quantitative estimate of drug-likeness (QED) is 0.145. The molecule has 0 spiro atoms. The van der Waals surface area contributed by atoms with E-state index in [2.05, 4.69) is 26.0 Å². The van der Waals surface area contributed by atoms with Crippen LogP contribution in [0.3, 0.4) is 0 Å². The standard InChI is InChI=1S/C31H25BrN4O3S2/c1-21-8-10-22(11-9-21)20-33-36(31-34-27-17-14-25(32)19-29(27)40-31)30(37)24-12-15-26(16-13-24)41(38,39)35-18-4-6-23-5-2-3-7-28(23)35/h2-3,5,7-17,19-20H,4,6,18H2,1H3/b33-20+. The Hall–Kier alpha value is -3.86. The van der Waals surface area contributed by atoms with Crippen LogP contribution in [0.2, 0.25) is 0 Å². The van der Waals surface area contributed by atoms with Crippen molar-refractivity contribution >= 4 is 70.4 Å². The molecule has 0 fully saturated rings. The number of thiazole rings is 1. The van der Waals surface area contributed by atoms with Crippen LogP contribution in [0.5, 0.6) is 0 Å². The summed E-state index contributed by atoms with van der Waals surface area (Å²) in [6, 6.07) is 27.1. The number of carbonyl (C=O) groups excluding carboxylic acids is 1. The molecule has 10 heteroatoms. The Morgan fingerprint density at radius 1 is 1.02 bits per heavy atom. The molecule has 5 aromatic rings. The average Bonchev–Trinajstić information content (AvgIpc) is 3.40. The van der Waals surface area contributed by atoms with Crippen molar-refractivity contribution in [2.75, 3.05) is 15.9 Å². The molecule has 0 bridgehead atoms. The summed E-state index contributed by atoms with van der Waals surface area (Å²) < 4.78 is 30.5. The van der Waals surface area contributed by atoms with E-state index in [0.29, 0.717) is 22.9 Å². The smallest absolute Gasteiger partial charge is 0.267 e. The lowest BCUT2D eigenvalue weighted by Crippen LogP contribution is -2.35. The highest BCUT2D eigenvalue weighted by atomic mass is 79.9. The van der Waals surface area contributed by atoms with Crippen molar-refractivity contribution in [3.05, 3.63) is 118 Å². The van der Waals surface area contributed by atoms with Crippen molar-refractivity contribution in [1.29, 1.82) is 0 Å². The number of rotatable bonds is 6. The van der Waals surface area contributed by atoms with Gasteiger partial charge in [-0.1, -0.05) is 75.3 Å². The number of halogens is 1. The molecule has 7 nitrogen and oxygen atoms in total. The van der Waals surface area contributed by atoms with Crippen LogP contribution in [0.15, 0.2) is 105 Å². The summed E-state index contributed by atoms with van der Waals surface area (Å²) in [4.78, 5) is 18.6. The van der Waals surface area contributed by atoms with E-state index in [0.717, 1.165) is 44.2 Å². The monoisotopic (exact) mass is 644 g/mol. The van der Waals surface area contributed by atoms with E-state index < -0.39 is 15.9 Å². The molecule has 1 aliphatic rings. The molecule has 2 heterocycles. The van der Waals surface area contributed by atoms with Gasteiger partial charge >= 0.3 is 0 Å². The van der Waals surface area contributed by atoms with Crippen LogP contribution in [-0.4, -0.2) is 32.1 Å². The van der Waals surface area contributed by atoms with E-state index in [1.54, 1.807) is 6.21 Å². The number of carbonyl (C=O) groups is 1. The maximum absolute atomic E-state index is 13.8. The number of sulfonamides is 1. The highest BCUT2D eigenvalue weighted by Gasteiger charge is 2.29. The summed E-state index contributed by atoms with van der Waals surface area (Å²) in [5, 5.41) is 6.20. The second-order valence-corrected chi connectivity index (χ2v) is 13.5. The average molecular weight is 646 g/mol. The number of benzene rings is 4. The molecule has 0 N–H and O–H groups in total. The minimum Gasteiger partial charge on any atom is -0.267 e. The molecular weight excluding hydrogens is 620 g/mol. The Bertz CT molecular complexity index is 1890. The fourth-order valence-corrected chi connectivity index (χ4v) is 7.73. The molecule has 1 amide bonds. The summed E-state index contributed by atoms with van der Waals surface area (Å²) in [5.74, 6) is -0.418. The number of hydrazone groups is 1. The van der Waals surface area contributed by atoms with Crippen LogP contribution in [0, 0.1) is 6.92 Å². The van der Waals surface area contributed by atoms with Crippen molar-refractivity contribution in [2.24, 2.45) is 5.10 Å². The fourth-order valence-electron chi connectivity index (χ4n) is 4.71. The van der Waals surface area contributed by atoms with Crippen LogP contribution in [-0.2, 0) is 16.4 Å². The van der Waals surface area contributed by atoms with Gasteiger partial charge in [-0.3, -0.25) is 9.10 Å². The normalized spacial score (nSPS) is 13.5. The number of nitrogens with zero attached hydrogens (tertiary/aromatic N) is 4. The van der Waals surface area contributed by atoms with Gasteiger partial charge < -0.3 is 0 Å². The molecule has 0 radical (unpaired) electrons. The lowest BCUT2D eigenvalue weighted by atomic mass is 10.0. The number of hydrogen-bond donors (Lipinski definition) is 0. The second kappa shape index (κ2) is 11.2. The van der Waals surface area contributed by atoms with Crippen molar-refractivity contribution < 1.29 is 13.2 Å². The molecule has 0 saturated carbocycles. The zero-order valence-corrected chi connectivity index (χ0v) is 25.3. The third-order valence-corrected chi connectivity index (χ3v) is 10.2. The van der Waals surface area contributed by atoms with Crippen molar-refractivity contribution in [3.63, 3.8) is 0 Å².